The predicted molar refractivity (Wildman–Crippen MR) is 76.5 cm³/mol. The molecular weight excluding hydrogens is 296 g/mol. The minimum absolute atomic E-state index is 0.109. The molecule has 1 amide bonds. The summed E-state index contributed by atoms with van der Waals surface area (Å²) in [7, 11) is 0. The molecule has 8 heteroatoms. The highest BCUT2D eigenvalue weighted by molar-refractivity contribution is 7.98. The van der Waals surface area contributed by atoms with Gasteiger partial charge in [-0.2, -0.15) is 0 Å². The van der Waals surface area contributed by atoms with Crippen molar-refractivity contribution in [3.8, 4) is 0 Å². The number of hydrogen-bond donors (Lipinski definition) is 1. The molecule has 0 spiro atoms. The van der Waals surface area contributed by atoms with Gasteiger partial charge in [-0.3, -0.25) is 19.7 Å². The number of nitro groups is 1. The zero-order valence-corrected chi connectivity index (χ0v) is 12.1. The molecule has 1 saturated heterocycles. The van der Waals surface area contributed by atoms with Crippen LogP contribution in [-0.2, 0) is 4.79 Å². The molecule has 1 N–H and O–H groups in total. The number of thioether (sulfide) groups is 1. The Morgan fingerprint density at radius 2 is 2.19 bits per heavy atom. The molecule has 1 aliphatic rings. The molecule has 2 rings (SSSR count). The lowest BCUT2D eigenvalue weighted by molar-refractivity contribution is -0.387. The molecule has 0 bridgehead atoms. The van der Waals surface area contributed by atoms with E-state index in [2.05, 4.69) is 0 Å². The van der Waals surface area contributed by atoms with Gasteiger partial charge in [0.05, 0.1) is 15.7 Å². The van der Waals surface area contributed by atoms with Crippen LogP contribution in [0.1, 0.15) is 16.8 Å². The quantitative estimate of drug-likeness (QED) is 0.517. The first-order chi connectivity index (χ1) is 9.93. The number of carboxylic acid groups (broad SMARTS) is 1. The minimum Gasteiger partial charge on any atom is -0.481 e. The second kappa shape index (κ2) is 6.13. The number of aliphatic carboxylic acids is 1. The second-order valence-electron chi connectivity index (χ2n) is 4.72. The Labute approximate surface area is 125 Å². The van der Waals surface area contributed by atoms with E-state index in [0.29, 0.717) is 17.9 Å². The highest BCUT2D eigenvalue weighted by atomic mass is 32.2. The van der Waals surface area contributed by atoms with Gasteiger partial charge in [-0.1, -0.05) is 0 Å². The van der Waals surface area contributed by atoms with E-state index in [1.165, 1.54) is 28.8 Å². The topological polar surface area (TPSA) is 101 Å². The van der Waals surface area contributed by atoms with Gasteiger partial charge < -0.3 is 10.0 Å². The largest absolute Gasteiger partial charge is 0.481 e. The molecule has 1 aliphatic heterocycles. The van der Waals surface area contributed by atoms with Crippen molar-refractivity contribution < 1.29 is 19.6 Å². The van der Waals surface area contributed by atoms with E-state index >= 15 is 0 Å². The fourth-order valence-corrected chi connectivity index (χ4v) is 2.84. The van der Waals surface area contributed by atoms with E-state index in [-0.39, 0.29) is 23.7 Å². The zero-order chi connectivity index (χ0) is 15.6. The van der Waals surface area contributed by atoms with Crippen LogP contribution in [0.3, 0.4) is 0 Å². The number of carbonyl (C=O) groups is 2. The van der Waals surface area contributed by atoms with Crippen LogP contribution >= 0.6 is 11.8 Å². The maximum Gasteiger partial charge on any atom is 0.308 e. The number of carboxylic acids is 1. The highest BCUT2D eigenvalue weighted by Gasteiger charge is 2.31. The summed E-state index contributed by atoms with van der Waals surface area (Å²) in [6.07, 6.45) is 2.13. The van der Waals surface area contributed by atoms with Crippen LogP contribution in [-0.4, -0.2) is 46.2 Å². The molecule has 1 aromatic rings. The Hall–Kier alpha value is -2.09. The molecule has 1 heterocycles. The minimum atomic E-state index is -0.922. The molecule has 1 unspecified atom stereocenters. The third-order valence-electron chi connectivity index (χ3n) is 3.45. The monoisotopic (exact) mass is 310 g/mol. The number of benzene rings is 1. The Morgan fingerprint density at radius 3 is 2.71 bits per heavy atom. The van der Waals surface area contributed by atoms with E-state index in [1.54, 1.807) is 12.3 Å². The SMILES string of the molecule is CSc1ccc(C(=O)N2CCC(C(=O)O)C2)cc1[N+](=O)[O-]. The lowest BCUT2D eigenvalue weighted by Gasteiger charge is -2.16. The lowest BCUT2D eigenvalue weighted by Crippen LogP contribution is -2.30. The lowest BCUT2D eigenvalue weighted by atomic mass is 10.1. The molecule has 21 heavy (non-hydrogen) atoms. The van der Waals surface area contributed by atoms with Gasteiger partial charge >= 0.3 is 5.97 Å². The van der Waals surface area contributed by atoms with Crippen LogP contribution in [0.4, 0.5) is 5.69 Å². The molecule has 1 fully saturated rings. The van der Waals surface area contributed by atoms with E-state index in [0.717, 1.165) is 0 Å². The summed E-state index contributed by atoms with van der Waals surface area (Å²) >= 11 is 1.24. The van der Waals surface area contributed by atoms with Gasteiger partial charge in [0.15, 0.2) is 0 Å². The first-order valence-corrected chi connectivity index (χ1v) is 7.51. The maximum atomic E-state index is 12.3. The van der Waals surface area contributed by atoms with Gasteiger partial charge in [0.1, 0.15) is 0 Å². The van der Waals surface area contributed by atoms with Crippen LogP contribution < -0.4 is 0 Å². The summed E-state index contributed by atoms with van der Waals surface area (Å²) in [6, 6.07) is 4.33. The molecule has 0 aliphatic carbocycles. The number of rotatable bonds is 4. The van der Waals surface area contributed by atoms with Gasteiger partial charge in [-0.15, -0.1) is 11.8 Å². The van der Waals surface area contributed by atoms with Gasteiger partial charge in [0, 0.05) is 24.7 Å². The number of nitrogens with zero attached hydrogens (tertiary/aromatic N) is 2. The average molecular weight is 310 g/mol. The van der Waals surface area contributed by atoms with Crippen molar-refractivity contribution in [2.45, 2.75) is 11.3 Å². The fourth-order valence-electron chi connectivity index (χ4n) is 2.29. The van der Waals surface area contributed by atoms with Gasteiger partial charge in [0.25, 0.3) is 11.6 Å². The maximum absolute atomic E-state index is 12.3. The number of amides is 1. The molecule has 7 nitrogen and oxygen atoms in total. The van der Waals surface area contributed by atoms with Crippen LogP contribution in [0.15, 0.2) is 23.1 Å². The summed E-state index contributed by atoms with van der Waals surface area (Å²) in [5, 5.41) is 19.9. The van der Waals surface area contributed by atoms with Crippen LogP contribution in [0.2, 0.25) is 0 Å². The number of nitro benzene ring substituents is 1. The van der Waals surface area contributed by atoms with Crippen molar-refractivity contribution >= 4 is 29.3 Å². The first kappa shape index (κ1) is 15.3. The zero-order valence-electron chi connectivity index (χ0n) is 11.3. The number of hydrogen-bond acceptors (Lipinski definition) is 5. The van der Waals surface area contributed by atoms with E-state index in [9.17, 15) is 19.7 Å². The van der Waals surface area contributed by atoms with Crippen molar-refractivity contribution in [3.05, 3.63) is 33.9 Å². The summed E-state index contributed by atoms with van der Waals surface area (Å²) in [5.74, 6) is -1.85. The molecule has 1 atom stereocenters. The Morgan fingerprint density at radius 1 is 1.48 bits per heavy atom. The number of likely N-dealkylation sites (tertiary alicyclic amines) is 1. The van der Waals surface area contributed by atoms with E-state index in [4.69, 9.17) is 5.11 Å². The van der Waals surface area contributed by atoms with Crippen LogP contribution in [0, 0.1) is 16.0 Å². The van der Waals surface area contributed by atoms with Gasteiger partial charge in [-0.25, -0.2) is 0 Å². The number of carbonyl (C=O) groups excluding carboxylic acids is 1. The van der Waals surface area contributed by atoms with Gasteiger partial charge in [-0.05, 0) is 24.8 Å². The Bertz CT molecular complexity index is 604. The first-order valence-electron chi connectivity index (χ1n) is 6.28. The molecule has 0 aromatic heterocycles. The normalized spacial score (nSPS) is 17.8. The Kier molecular flexibility index (Phi) is 4.46. The molecule has 112 valence electrons. The van der Waals surface area contributed by atoms with E-state index < -0.39 is 16.8 Å². The van der Waals surface area contributed by atoms with Crippen molar-refractivity contribution in [1.82, 2.24) is 4.90 Å². The molecular formula is C13H14N2O5S. The average Bonchev–Trinajstić information content (AvgIpc) is 2.95. The van der Waals surface area contributed by atoms with Gasteiger partial charge in [0.2, 0.25) is 0 Å². The van der Waals surface area contributed by atoms with Crippen molar-refractivity contribution in [2.24, 2.45) is 5.92 Å². The predicted octanol–water partition coefficient (Wildman–Crippen LogP) is 1.86. The standard InChI is InChI=1S/C13H14N2O5S/c1-21-11-3-2-8(6-10(11)15(19)20)12(16)14-5-4-9(7-14)13(17)18/h2-3,6,9H,4-5,7H2,1H3,(H,17,18). The highest BCUT2D eigenvalue weighted by Crippen LogP contribution is 2.29. The molecule has 0 radical (unpaired) electrons. The van der Waals surface area contributed by atoms with Crippen molar-refractivity contribution in [2.75, 3.05) is 19.3 Å². The third-order valence-corrected chi connectivity index (χ3v) is 4.23. The smallest absolute Gasteiger partial charge is 0.308 e. The summed E-state index contributed by atoms with van der Waals surface area (Å²) in [6.45, 7) is 0.500. The van der Waals surface area contributed by atoms with Crippen LogP contribution in [0.5, 0.6) is 0 Å². The van der Waals surface area contributed by atoms with Crippen molar-refractivity contribution in [3.63, 3.8) is 0 Å². The Balaban J connectivity index is 2.22. The van der Waals surface area contributed by atoms with E-state index in [1.807, 2.05) is 0 Å². The summed E-state index contributed by atoms with van der Waals surface area (Å²) in [4.78, 5) is 35.6. The third kappa shape index (κ3) is 3.15. The summed E-state index contributed by atoms with van der Waals surface area (Å²) in [5.41, 5.74) is 0.105. The molecule has 1 aromatic carbocycles. The van der Waals surface area contributed by atoms with Crippen LogP contribution in [0.25, 0.3) is 0 Å². The second-order valence-corrected chi connectivity index (χ2v) is 5.57. The summed E-state index contributed by atoms with van der Waals surface area (Å²) < 4.78 is 0. The van der Waals surface area contributed by atoms with Crippen molar-refractivity contribution in [1.29, 1.82) is 0 Å². The fraction of sp³-hybridized carbons (Fsp3) is 0.385. The molecule has 0 saturated carbocycles.